The molecule has 0 saturated carbocycles. The Morgan fingerprint density at radius 2 is 1.90 bits per heavy atom. The number of nitrogens with zero attached hydrogens (tertiary/aromatic N) is 1. The highest BCUT2D eigenvalue weighted by molar-refractivity contribution is 9.10. The minimum absolute atomic E-state index is 0.0171. The van der Waals surface area contributed by atoms with Crippen molar-refractivity contribution in [3.63, 3.8) is 0 Å². The van der Waals surface area contributed by atoms with E-state index in [1.807, 2.05) is 0 Å². The van der Waals surface area contributed by atoms with Crippen LogP contribution in [0, 0.1) is 0 Å². The van der Waals surface area contributed by atoms with E-state index in [0.717, 1.165) is 5.56 Å². The number of aromatic carboxylic acids is 1. The smallest absolute Gasteiger partial charge is 0.337 e. The maximum atomic E-state index is 11.8. The fourth-order valence-electron chi connectivity index (χ4n) is 1.65. The quantitative estimate of drug-likeness (QED) is 0.791. The monoisotopic (exact) mass is 349 g/mol. The minimum atomic E-state index is -1.11. The second-order valence-corrected chi connectivity index (χ2v) is 5.07. The summed E-state index contributed by atoms with van der Waals surface area (Å²) in [5, 5.41) is 14.3. The van der Waals surface area contributed by atoms with Gasteiger partial charge in [0.05, 0.1) is 11.3 Å². The lowest BCUT2D eigenvalue weighted by Crippen LogP contribution is -2.28. The Morgan fingerprint density at radius 1 is 1.19 bits per heavy atom. The Morgan fingerprint density at radius 3 is 2.57 bits per heavy atom. The highest BCUT2D eigenvalue weighted by Crippen LogP contribution is 2.21. The number of carboxylic acids is 1. The number of halogens is 1. The van der Waals surface area contributed by atoms with Crippen LogP contribution < -0.4 is 10.6 Å². The lowest BCUT2D eigenvalue weighted by Gasteiger charge is -2.10. The predicted molar refractivity (Wildman–Crippen MR) is 81.2 cm³/mol. The number of carboxylic acid groups (broad SMARTS) is 1. The van der Waals surface area contributed by atoms with Crippen molar-refractivity contribution in [2.24, 2.45) is 0 Å². The van der Waals surface area contributed by atoms with Crippen LogP contribution in [-0.2, 0) is 6.54 Å². The standard InChI is InChI=1S/C14H12BrN3O3/c15-10-1-2-12(11(7-10)13(19)20)18-14(21)17-8-9-3-5-16-6-4-9/h1-7H,8H2,(H,19,20)(H2,17,18,21). The summed E-state index contributed by atoms with van der Waals surface area (Å²) in [6, 6.07) is 7.70. The third kappa shape index (κ3) is 4.28. The van der Waals surface area contributed by atoms with Gasteiger partial charge in [-0.1, -0.05) is 15.9 Å². The van der Waals surface area contributed by atoms with Gasteiger partial charge in [-0.15, -0.1) is 0 Å². The van der Waals surface area contributed by atoms with Crippen molar-refractivity contribution in [3.8, 4) is 0 Å². The number of rotatable bonds is 4. The molecule has 0 aliphatic heterocycles. The van der Waals surface area contributed by atoms with Gasteiger partial charge >= 0.3 is 12.0 Å². The predicted octanol–water partition coefficient (Wildman–Crippen LogP) is 2.86. The van der Waals surface area contributed by atoms with Crippen LogP contribution in [0.4, 0.5) is 10.5 Å². The van der Waals surface area contributed by atoms with Crippen molar-refractivity contribution in [2.45, 2.75) is 6.54 Å². The number of amides is 2. The Kier molecular flexibility index (Phi) is 4.89. The Balaban J connectivity index is 2.01. The summed E-state index contributed by atoms with van der Waals surface area (Å²) < 4.78 is 0.627. The van der Waals surface area contributed by atoms with E-state index in [1.54, 1.807) is 30.6 Å². The molecule has 3 N–H and O–H groups in total. The summed E-state index contributed by atoms with van der Waals surface area (Å²) >= 11 is 3.19. The Bertz CT molecular complexity index is 662. The Labute approximate surface area is 129 Å². The summed E-state index contributed by atoms with van der Waals surface area (Å²) in [7, 11) is 0. The van der Waals surface area contributed by atoms with Crippen molar-refractivity contribution in [1.29, 1.82) is 0 Å². The molecule has 2 rings (SSSR count). The molecule has 0 spiro atoms. The molecule has 1 aromatic carbocycles. The van der Waals surface area contributed by atoms with Gasteiger partial charge < -0.3 is 15.7 Å². The second-order valence-electron chi connectivity index (χ2n) is 4.16. The van der Waals surface area contributed by atoms with E-state index in [-0.39, 0.29) is 11.3 Å². The molecule has 0 saturated heterocycles. The number of hydrogen-bond acceptors (Lipinski definition) is 3. The number of nitrogens with one attached hydrogen (secondary N) is 2. The molecule has 1 heterocycles. The van der Waals surface area contributed by atoms with Crippen LogP contribution in [0.5, 0.6) is 0 Å². The van der Waals surface area contributed by atoms with E-state index in [2.05, 4.69) is 31.5 Å². The fraction of sp³-hybridized carbons (Fsp3) is 0.0714. The van der Waals surface area contributed by atoms with E-state index in [4.69, 9.17) is 5.11 Å². The number of carbonyl (C=O) groups is 2. The summed E-state index contributed by atoms with van der Waals surface area (Å²) in [6.45, 7) is 0.327. The summed E-state index contributed by atoms with van der Waals surface area (Å²) in [5.41, 5.74) is 1.15. The van der Waals surface area contributed by atoms with Gasteiger partial charge in [0.2, 0.25) is 0 Å². The van der Waals surface area contributed by atoms with Crippen molar-refractivity contribution < 1.29 is 14.7 Å². The highest BCUT2D eigenvalue weighted by atomic mass is 79.9. The SMILES string of the molecule is O=C(NCc1ccncc1)Nc1ccc(Br)cc1C(=O)O. The van der Waals surface area contributed by atoms with Gasteiger partial charge in [0, 0.05) is 23.4 Å². The number of urea groups is 1. The van der Waals surface area contributed by atoms with Crippen LogP contribution in [0.1, 0.15) is 15.9 Å². The molecule has 2 aromatic rings. The fourth-order valence-corrected chi connectivity index (χ4v) is 2.01. The number of anilines is 1. The molecule has 0 atom stereocenters. The average molecular weight is 350 g/mol. The Hall–Kier alpha value is -2.41. The molecule has 0 unspecified atom stereocenters. The molecular weight excluding hydrogens is 338 g/mol. The van der Waals surface area contributed by atoms with Gasteiger partial charge in [-0.25, -0.2) is 9.59 Å². The first-order chi connectivity index (χ1) is 10.1. The molecule has 0 radical (unpaired) electrons. The maximum Gasteiger partial charge on any atom is 0.337 e. The zero-order chi connectivity index (χ0) is 15.2. The molecular formula is C14H12BrN3O3. The molecule has 0 aliphatic rings. The van der Waals surface area contributed by atoms with E-state index in [1.165, 1.54) is 12.1 Å². The molecule has 0 fully saturated rings. The van der Waals surface area contributed by atoms with E-state index >= 15 is 0 Å². The largest absolute Gasteiger partial charge is 0.478 e. The van der Waals surface area contributed by atoms with Crippen molar-refractivity contribution in [1.82, 2.24) is 10.3 Å². The molecule has 0 aliphatic carbocycles. The number of hydrogen-bond donors (Lipinski definition) is 3. The van der Waals surface area contributed by atoms with Gasteiger partial charge in [0.25, 0.3) is 0 Å². The number of benzene rings is 1. The third-order valence-electron chi connectivity index (χ3n) is 2.66. The average Bonchev–Trinajstić information content (AvgIpc) is 2.48. The number of aromatic nitrogens is 1. The highest BCUT2D eigenvalue weighted by Gasteiger charge is 2.12. The molecule has 1 aromatic heterocycles. The van der Waals surface area contributed by atoms with Crippen LogP contribution in [0.2, 0.25) is 0 Å². The molecule has 0 bridgehead atoms. The van der Waals surface area contributed by atoms with Crippen molar-refractivity contribution >= 4 is 33.6 Å². The zero-order valence-corrected chi connectivity index (χ0v) is 12.4. The van der Waals surface area contributed by atoms with E-state index in [9.17, 15) is 9.59 Å². The summed E-state index contributed by atoms with van der Waals surface area (Å²) in [5.74, 6) is -1.11. The first-order valence-electron chi connectivity index (χ1n) is 6.03. The summed E-state index contributed by atoms with van der Waals surface area (Å²) in [6.07, 6.45) is 3.26. The third-order valence-corrected chi connectivity index (χ3v) is 3.16. The molecule has 2 amide bonds. The minimum Gasteiger partial charge on any atom is -0.478 e. The lowest BCUT2D eigenvalue weighted by molar-refractivity contribution is 0.0698. The molecule has 21 heavy (non-hydrogen) atoms. The van der Waals surface area contributed by atoms with Gasteiger partial charge in [0.15, 0.2) is 0 Å². The molecule has 108 valence electrons. The molecule has 7 heteroatoms. The van der Waals surface area contributed by atoms with Crippen LogP contribution in [0.3, 0.4) is 0 Å². The maximum absolute atomic E-state index is 11.8. The van der Waals surface area contributed by atoms with Crippen LogP contribution in [0.15, 0.2) is 47.2 Å². The van der Waals surface area contributed by atoms with Crippen LogP contribution in [-0.4, -0.2) is 22.1 Å². The number of carbonyl (C=O) groups excluding carboxylic acids is 1. The molecule has 6 nitrogen and oxygen atoms in total. The topological polar surface area (TPSA) is 91.3 Å². The first-order valence-corrected chi connectivity index (χ1v) is 6.82. The normalized spacial score (nSPS) is 9.95. The lowest BCUT2D eigenvalue weighted by atomic mass is 10.2. The number of pyridine rings is 1. The van der Waals surface area contributed by atoms with Crippen LogP contribution in [0.25, 0.3) is 0 Å². The zero-order valence-electron chi connectivity index (χ0n) is 10.8. The van der Waals surface area contributed by atoms with E-state index in [0.29, 0.717) is 11.0 Å². The van der Waals surface area contributed by atoms with Crippen molar-refractivity contribution in [2.75, 3.05) is 5.32 Å². The van der Waals surface area contributed by atoms with Crippen molar-refractivity contribution in [3.05, 3.63) is 58.3 Å². The van der Waals surface area contributed by atoms with Gasteiger partial charge in [-0.05, 0) is 35.9 Å². The van der Waals surface area contributed by atoms with Gasteiger partial charge in [0.1, 0.15) is 0 Å². The van der Waals surface area contributed by atoms with E-state index < -0.39 is 12.0 Å². The van der Waals surface area contributed by atoms with Gasteiger partial charge in [-0.2, -0.15) is 0 Å². The first kappa shape index (κ1) is 15.0. The second kappa shape index (κ2) is 6.85. The van der Waals surface area contributed by atoms with Crippen LogP contribution >= 0.6 is 15.9 Å². The summed E-state index contributed by atoms with van der Waals surface area (Å²) in [4.78, 5) is 26.8. The van der Waals surface area contributed by atoms with Gasteiger partial charge in [-0.3, -0.25) is 4.98 Å².